The van der Waals surface area contributed by atoms with Crippen molar-refractivity contribution >= 4 is 0 Å². The minimum Gasteiger partial charge on any atom is -0.492 e. The van der Waals surface area contributed by atoms with E-state index in [1.807, 2.05) is 6.20 Å². The van der Waals surface area contributed by atoms with Crippen molar-refractivity contribution in [3.8, 4) is 5.75 Å². The first-order valence-corrected chi connectivity index (χ1v) is 4.68. The zero-order valence-electron chi connectivity index (χ0n) is 7.47. The van der Waals surface area contributed by atoms with E-state index in [2.05, 4.69) is 18.0 Å². The Hall–Kier alpha value is -0.920. The summed E-state index contributed by atoms with van der Waals surface area (Å²) >= 11 is 0. The lowest BCUT2D eigenvalue weighted by Gasteiger charge is -1.99. The molecule has 0 radical (unpaired) electrons. The zero-order chi connectivity index (χ0) is 8.39. The van der Waals surface area contributed by atoms with Crippen LogP contribution in [-0.4, -0.2) is 11.6 Å². The average molecular weight is 165 g/mol. The highest BCUT2D eigenvalue weighted by Crippen LogP contribution is 2.29. The quantitative estimate of drug-likeness (QED) is 0.728. The van der Waals surface area contributed by atoms with Crippen LogP contribution in [0.2, 0.25) is 0 Å². The summed E-state index contributed by atoms with van der Waals surface area (Å²) in [4.78, 5) is 3.17. The normalized spacial score (nSPS) is 16.4. The third-order valence-corrected chi connectivity index (χ3v) is 2.28. The van der Waals surface area contributed by atoms with Crippen molar-refractivity contribution in [3.63, 3.8) is 0 Å². The molecule has 1 fully saturated rings. The van der Waals surface area contributed by atoms with Gasteiger partial charge in [0.25, 0.3) is 0 Å². The smallest absolute Gasteiger partial charge is 0.136 e. The van der Waals surface area contributed by atoms with Gasteiger partial charge in [-0.15, -0.1) is 0 Å². The SMILES string of the molecule is CCc1cc(OCC2CC2)c[nH]1. The molecule has 0 bridgehead atoms. The summed E-state index contributed by atoms with van der Waals surface area (Å²) in [7, 11) is 0. The second-order valence-electron chi connectivity index (χ2n) is 3.47. The molecule has 1 N–H and O–H groups in total. The van der Waals surface area contributed by atoms with Crippen LogP contribution in [-0.2, 0) is 6.42 Å². The Balaban J connectivity index is 1.84. The monoisotopic (exact) mass is 165 g/mol. The molecule has 2 nitrogen and oxygen atoms in total. The van der Waals surface area contributed by atoms with Gasteiger partial charge in [-0.2, -0.15) is 0 Å². The first kappa shape index (κ1) is 7.71. The van der Waals surface area contributed by atoms with Crippen LogP contribution < -0.4 is 4.74 Å². The molecule has 1 saturated carbocycles. The number of H-pyrrole nitrogens is 1. The van der Waals surface area contributed by atoms with E-state index in [1.54, 1.807) is 0 Å². The topological polar surface area (TPSA) is 25.0 Å². The Labute approximate surface area is 72.9 Å². The fourth-order valence-electron chi connectivity index (χ4n) is 1.20. The van der Waals surface area contributed by atoms with Crippen LogP contribution in [0, 0.1) is 5.92 Å². The van der Waals surface area contributed by atoms with Gasteiger partial charge in [0.2, 0.25) is 0 Å². The minimum absolute atomic E-state index is 0.838. The Kier molecular flexibility index (Phi) is 2.07. The van der Waals surface area contributed by atoms with Gasteiger partial charge in [-0.05, 0) is 25.2 Å². The molecule has 0 unspecified atom stereocenters. The lowest BCUT2D eigenvalue weighted by Crippen LogP contribution is -1.97. The second kappa shape index (κ2) is 3.21. The highest BCUT2D eigenvalue weighted by Gasteiger charge is 2.21. The highest BCUT2D eigenvalue weighted by atomic mass is 16.5. The van der Waals surface area contributed by atoms with Crippen LogP contribution in [0.25, 0.3) is 0 Å². The molecule has 1 aliphatic carbocycles. The summed E-state index contributed by atoms with van der Waals surface area (Å²) in [6.45, 7) is 3.04. The summed E-state index contributed by atoms with van der Waals surface area (Å²) in [6, 6.07) is 2.09. The number of nitrogens with one attached hydrogen (secondary N) is 1. The van der Waals surface area contributed by atoms with Crippen LogP contribution in [0.1, 0.15) is 25.5 Å². The standard InChI is InChI=1S/C10H15NO/c1-2-9-5-10(6-11-9)12-7-8-3-4-8/h5-6,8,11H,2-4,7H2,1H3. The van der Waals surface area contributed by atoms with Crippen molar-refractivity contribution in [2.45, 2.75) is 26.2 Å². The van der Waals surface area contributed by atoms with E-state index >= 15 is 0 Å². The molecule has 2 rings (SSSR count). The fourth-order valence-corrected chi connectivity index (χ4v) is 1.20. The summed E-state index contributed by atoms with van der Waals surface area (Å²) in [5.74, 6) is 1.84. The number of hydrogen-bond donors (Lipinski definition) is 1. The van der Waals surface area contributed by atoms with Gasteiger partial charge in [-0.25, -0.2) is 0 Å². The van der Waals surface area contributed by atoms with Crippen molar-refractivity contribution in [1.29, 1.82) is 0 Å². The highest BCUT2D eigenvalue weighted by molar-refractivity contribution is 5.22. The number of ether oxygens (including phenoxy) is 1. The molecular weight excluding hydrogens is 150 g/mol. The summed E-state index contributed by atoms with van der Waals surface area (Å²) < 4.78 is 5.58. The van der Waals surface area contributed by atoms with E-state index in [0.29, 0.717) is 0 Å². The van der Waals surface area contributed by atoms with Crippen molar-refractivity contribution in [2.24, 2.45) is 5.92 Å². The van der Waals surface area contributed by atoms with Gasteiger partial charge in [0.1, 0.15) is 5.75 Å². The lowest BCUT2D eigenvalue weighted by atomic mass is 10.3. The Morgan fingerprint density at radius 3 is 3.00 bits per heavy atom. The van der Waals surface area contributed by atoms with Crippen LogP contribution in [0.5, 0.6) is 5.75 Å². The van der Waals surface area contributed by atoms with Crippen molar-refractivity contribution in [3.05, 3.63) is 18.0 Å². The molecule has 1 aliphatic rings. The molecular formula is C10H15NO. The van der Waals surface area contributed by atoms with Crippen molar-refractivity contribution in [2.75, 3.05) is 6.61 Å². The Morgan fingerprint density at radius 1 is 1.58 bits per heavy atom. The molecule has 1 aromatic heterocycles. The van der Waals surface area contributed by atoms with Gasteiger partial charge in [0, 0.05) is 18.0 Å². The maximum atomic E-state index is 5.58. The number of rotatable bonds is 4. The van der Waals surface area contributed by atoms with Crippen LogP contribution in [0.3, 0.4) is 0 Å². The molecule has 1 heterocycles. The van der Waals surface area contributed by atoms with Crippen LogP contribution in [0.4, 0.5) is 0 Å². The van der Waals surface area contributed by atoms with Gasteiger partial charge in [0.05, 0.1) is 6.61 Å². The molecule has 1 aromatic rings. The average Bonchev–Trinajstić information content (AvgIpc) is 2.81. The Morgan fingerprint density at radius 2 is 2.42 bits per heavy atom. The Bertz CT molecular complexity index is 250. The van der Waals surface area contributed by atoms with Gasteiger partial charge in [-0.1, -0.05) is 6.92 Å². The second-order valence-corrected chi connectivity index (χ2v) is 3.47. The van der Waals surface area contributed by atoms with E-state index in [9.17, 15) is 0 Å². The molecule has 12 heavy (non-hydrogen) atoms. The van der Waals surface area contributed by atoms with Gasteiger partial charge < -0.3 is 9.72 Å². The predicted octanol–water partition coefficient (Wildman–Crippen LogP) is 2.37. The largest absolute Gasteiger partial charge is 0.492 e. The van der Waals surface area contributed by atoms with Crippen molar-refractivity contribution in [1.82, 2.24) is 4.98 Å². The third-order valence-electron chi connectivity index (χ3n) is 2.28. The maximum Gasteiger partial charge on any atom is 0.136 e. The van der Waals surface area contributed by atoms with Gasteiger partial charge >= 0.3 is 0 Å². The van der Waals surface area contributed by atoms with Crippen molar-refractivity contribution < 1.29 is 4.74 Å². The molecule has 0 atom stereocenters. The van der Waals surface area contributed by atoms with E-state index < -0.39 is 0 Å². The summed E-state index contributed by atoms with van der Waals surface area (Å²) in [5, 5.41) is 0. The number of aromatic nitrogens is 1. The van der Waals surface area contributed by atoms with E-state index in [4.69, 9.17) is 4.74 Å². The van der Waals surface area contributed by atoms with Crippen LogP contribution >= 0.6 is 0 Å². The first-order valence-electron chi connectivity index (χ1n) is 4.68. The first-order chi connectivity index (χ1) is 5.88. The third kappa shape index (κ3) is 1.81. The van der Waals surface area contributed by atoms with E-state index in [-0.39, 0.29) is 0 Å². The summed E-state index contributed by atoms with van der Waals surface area (Å²) in [6.07, 6.45) is 5.70. The molecule has 2 heteroatoms. The molecule has 0 spiro atoms. The maximum absolute atomic E-state index is 5.58. The minimum atomic E-state index is 0.838. The van der Waals surface area contributed by atoms with Gasteiger partial charge in [0.15, 0.2) is 0 Å². The van der Waals surface area contributed by atoms with Gasteiger partial charge in [-0.3, -0.25) is 0 Å². The lowest BCUT2D eigenvalue weighted by molar-refractivity contribution is 0.300. The van der Waals surface area contributed by atoms with E-state index in [0.717, 1.165) is 24.7 Å². The molecule has 66 valence electrons. The number of hydrogen-bond acceptors (Lipinski definition) is 1. The molecule has 0 aliphatic heterocycles. The molecule has 0 aromatic carbocycles. The zero-order valence-corrected chi connectivity index (χ0v) is 7.47. The predicted molar refractivity (Wildman–Crippen MR) is 48.4 cm³/mol. The fraction of sp³-hybridized carbons (Fsp3) is 0.600. The number of aryl methyl sites for hydroxylation is 1. The summed E-state index contributed by atoms with van der Waals surface area (Å²) in [5.41, 5.74) is 1.25. The van der Waals surface area contributed by atoms with Crippen LogP contribution in [0.15, 0.2) is 12.3 Å². The van der Waals surface area contributed by atoms with E-state index in [1.165, 1.54) is 18.5 Å². The molecule has 0 amide bonds. The molecule has 0 saturated heterocycles. The number of aromatic amines is 1.